The van der Waals surface area contributed by atoms with Crippen LogP contribution in [0.2, 0.25) is 0 Å². The average Bonchev–Trinajstić information content (AvgIpc) is 3.25. The second kappa shape index (κ2) is 9.17. The number of amides is 3. The van der Waals surface area contributed by atoms with E-state index in [-0.39, 0.29) is 17.7 Å². The first kappa shape index (κ1) is 19.6. The highest BCUT2D eigenvalue weighted by molar-refractivity contribution is 5.95. The standard InChI is InChI=1S/C22H25N3O3/c1-16(26)23-14-17-4-8-19(9-5-17)21(27)24-15-18-6-10-20(11-7-18)22(28)25-12-2-3-13-25/h4-11H,2-3,12-15H2,1H3,(H,23,26)(H,24,27). The van der Waals surface area contributed by atoms with Gasteiger partial charge < -0.3 is 15.5 Å². The summed E-state index contributed by atoms with van der Waals surface area (Å²) in [6.07, 6.45) is 2.15. The van der Waals surface area contributed by atoms with E-state index in [1.807, 2.05) is 41.3 Å². The number of carbonyl (C=O) groups excluding carboxylic acids is 3. The van der Waals surface area contributed by atoms with Gasteiger partial charge in [-0.1, -0.05) is 24.3 Å². The number of benzene rings is 2. The highest BCUT2D eigenvalue weighted by atomic mass is 16.2. The Hall–Kier alpha value is -3.15. The molecule has 0 spiro atoms. The fourth-order valence-electron chi connectivity index (χ4n) is 3.15. The molecule has 0 bridgehead atoms. The summed E-state index contributed by atoms with van der Waals surface area (Å²) >= 11 is 0. The van der Waals surface area contributed by atoms with Crippen LogP contribution in [0.5, 0.6) is 0 Å². The molecule has 28 heavy (non-hydrogen) atoms. The van der Waals surface area contributed by atoms with E-state index in [4.69, 9.17) is 0 Å². The smallest absolute Gasteiger partial charge is 0.253 e. The summed E-state index contributed by atoms with van der Waals surface area (Å²) in [5.41, 5.74) is 3.12. The molecule has 2 N–H and O–H groups in total. The molecule has 0 aromatic heterocycles. The molecule has 2 aromatic rings. The van der Waals surface area contributed by atoms with Crippen molar-refractivity contribution in [3.05, 3.63) is 70.8 Å². The maximum absolute atomic E-state index is 12.4. The van der Waals surface area contributed by atoms with Crippen molar-refractivity contribution in [2.24, 2.45) is 0 Å². The van der Waals surface area contributed by atoms with Crippen LogP contribution in [0.1, 0.15) is 51.6 Å². The number of nitrogens with zero attached hydrogens (tertiary/aromatic N) is 1. The van der Waals surface area contributed by atoms with Crippen LogP contribution in [0.25, 0.3) is 0 Å². The van der Waals surface area contributed by atoms with Crippen molar-refractivity contribution in [3.8, 4) is 0 Å². The lowest BCUT2D eigenvalue weighted by Crippen LogP contribution is -2.27. The maximum Gasteiger partial charge on any atom is 0.253 e. The monoisotopic (exact) mass is 379 g/mol. The molecule has 0 unspecified atom stereocenters. The van der Waals surface area contributed by atoms with Gasteiger partial charge in [0.05, 0.1) is 0 Å². The van der Waals surface area contributed by atoms with Gasteiger partial charge in [-0.15, -0.1) is 0 Å². The van der Waals surface area contributed by atoms with E-state index in [2.05, 4.69) is 10.6 Å². The first-order valence-electron chi connectivity index (χ1n) is 9.53. The van der Waals surface area contributed by atoms with Crippen molar-refractivity contribution >= 4 is 17.7 Å². The minimum Gasteiger partial charge on any atom is -0.352 e. The molecule has 2 aromatic carbocycles. The molecule has 1 aliphatic heterocycles. The molecule has 6 nitrogen and oxygen atoms in total. The molecule has 6 heteroatoms. The van der Waals surface area contributed by atoms with Gasteiger partial charge in [0.25, 0.3) is 11.8 Å². The quantitative estimate of drug-likeness (QED) is 0.809. The van der Waals surface area contributed by atoms with E-state index in [1.54, 1.807) is 12.1 Å². The van der Waals surface area contributed by atoms with Crippen LogP contribution < -0.4 is 10.6 Å². The third-order valence-electron chi connectivity index (χ3n) is 4.80. The van der Waals surface area contributed by atoms with Crippen LogP contribution in [-0.4, -0.2) is 35.7 Å². The van der Waals surface area contributed by atoms with E-state index in [0.717, 1.165) is 37.1 Å². The normalized spacial score (nSPS) is 13.2. The molecular weight excluding hydrogens is 354 g/mol. The van der Waals surface area contributed by atoms with Crippen LogP contribution in [0, 0.1) is 0 Å². The summed E-state index contributed by atoms with van der Waals surface area (Å²) in [4.78, 5) is 37.5. The second-order valence-electron chi connectivity index (χ2n) is 6.99. The average molecular weight is 379 g/mol. The van der Waals surface area contributed by atoms with Gasteiger partial charge in [0.2, 0.25) is 5.91 Å². The van der Waals surface area contributed by atoms with Crippen LogP contribution >= 0.6 is 0 Å². The molecule has 146 valence electrons. The van der Waals surface area contributed by atoms with Crippen molar-refractivity contribution in [3.63, 3.8) is 0 Å². The summed E-state index contributed by atoms with van der Waals surface area (Å²) < 4.78 is 0. The molecule has 1 fully saturated rings. The topological polar surface area (TPSA) is 78.5 Å². The molecule has 3 amide bonds. The summed E-state index contributed by atoms with van der Waals surface area (Å²) in [7, 11) is 0. The molecule has 1 saturated heterocycles. The van der Waals surface area contributed by atoms with E-state index in [0.29, 0.717) is 24.2 Å². The predicted molar refractivity (Wildman–Crippen MR) is 107 cm³/mol. The van der Waals surface area contributed by atoms with Gasteiger partial charge in [-0.3, -0.25) is 14.4 Å². The zero-order valence-electron chi connectivity index (χ0n) is 16.0. The zero-order chi connectivity index (χ0) is 19.9. The fourth-order valence-corrected chi connectivity index (χ4v) is 3.15. The predicted octanol–water partition coefficient (Wildman–Crippen LogP) is 2.49. The largest absolute Gasteiger partial charge is 0.352 e. The van der Waals surface area contributed by atoms with Crippen molar-refractivity contribution in [2.75, 3.05) is 13.1 Å². The van der Waals surface area contributed by atoms with Crippen molar-refractivity contribution in [1.82, 2.24) is 15.5 Å². The fraction of sp³-hybridized carbons (Fsp3) is 0.318. The lowest BCUT2D eigenvalue weighted by Gasteiger charge is -2.15. The third kappa shape index (κ3) is 5.19. The Labute approximate surface area is 164 Å². The van der Waals surface area contributed by atoms with Gasteiger partial charge in [-0.25, -0.2) is 0 Å². The van der Waals surface area contributed by atoms with Gasteiger partial charge in [-0.2, -0.15) is 0 Å². The van der Waals surface area contributed by atoms with Gasteiger partial charge in [-0.05, 0) is 48.2 Å². The van der Waals surface area contributed by atoms with Crippen molar-refractivity contribution < 1.29 is 14.4 Å². The molecule has 0 saturated carbocycles. The minimum absolute atomic E-state index is 0.0763. The summed E-state index contributed by atoms with van der Waals surface area (Å²) in [5.74, 6) is -0.175. The minimum atomic E-state index is -0.164. The maximum atomic E-state index is 12.4. The SMILES string of the molecule is CC(=O)NCc1ccc(C(=O)NCc2ccc(C(=O)N3CCCC3)cc2)cc1. The van der Waals surface area contributed by atoms with Crippen LogP contribution in [0.3, 0.4) is 0 Å². The number of likely N-dealkylation sites (tertiary alicyclic amines) is 1. The third-order valence-corrected chi connectivity index (χ3v) is 4.80. The number of hydrogen-bond donors (Lipinski definition) is 2. The second-order valence-corrected chi connectivity index (χ2v) is 6.99. The van der Waals surface area contributed by atoms with E-state index in [9.17, 15) is 14.4 Å². The number of carbonyl (C=O) groups is 3. The molecule has 1 heterocycles. The van der Waals surface area contributed by atoms with Crippen molar-refractivity contribution in [1.29, 1.82) is 0 Å². The summed E-state index contributed by atoms with van der Waals surface area (Å²) in [5, 5.41) is 5.61. The Balaban J connectivity index is 1.51. The highest BCUT2D eigenvalue weighted by Gasteiger charge is 2.19. The van der Waals surface area contributed by atoms with Gasteiger partial charge >= 0.3 is 0 Å². The number of nitrogens with one attached hydrogen (secondary N) is 2. The van der Waals surface area contributed by atoms with Gasteiger partial charge in [0, 0.05) is 44.2 Å². The first-order valence-corrected chi connectivity index (χ1v) is 9.53. The lowest BCUT2D eigenvalue weighted by molar-refractivity contribution is -0.119. The highest BCUT2D eigenvalue weighted by Crippen LogP contribution is 2.14. The Kier molecular flexibility index (Phi) is 6.42. The Morgan fingerprint density at radius 1 is 0.786 bits per heavy atom. The van der Waals surface area contributed by atoms with Crippen molar-refractivity contribution in [2.45, 2.75) is 32.9 Å². The molecule has 0 aliphatic carbocycles. The molecule has 1 aliphatic rings. The van der Waals surface area contributed by atoms with Crippen LogP contribution in [-0.2, 0) is 17.9 Å². The van der Waals surface area contributed by atoms with E-state index >= 15 is 0 Å². The Bertz CT molecular complexity index is 838. The molecule has 0 atom stereocenters. The number of hydrogen-bond acceptors (Lipinski definition) is 3. The molecule has 0 radical (unpaired) electrons. The molecule has 3 rings (SSSR count). The van der Waals surface area contributed by atoms with Crippen LogP contribution in [0.4, 0.5) is 0 Å². The zero-order valence-corrected chi connectivity index (χ0v) is 16.0. The van der Waals surface area contributed by atoms with Gasteiger partial charge in [0.1, 0.15) is 0 Å². The van der Waals surface area contributed by atoms with E-state index in [1.165, 1.54) is 6.92 Å². The first-order chi connectivity index (χ1) is 13.5. The summed E-state index contributed by atoms with van der Waals surface area (Å²) in [6, 6.07) is 14.5. The van der Waals surface area contributed by atoms with E-state index < -0.39 is 0 Å². The van der Waals surface area contributed by atoms with Crippen LogP contribution in [0.15, 0.2) is 48.5 Å². The Morgan fingerprint density at radius 3 is 1.82 bits per heavy atom. The Morgan fingerprint density at radius 2 is 1.29 bits per heavy atom. The number of rotatable bonds is 6. The van der Waals surface area contributed by atoms with Gasteiger partial charge in [0.15, 0.2) is 0 Å². The summed E-state index contributed by atoms with van der Waals surface area (Å²) in [6.45, 7) is 3.97. The lowest BCUT2D eigenvalue weighted by atomic mass is 10.1. The molecular formula is C22H25N3O3.